The van der Waals surface area contributed by atoms with E-state index in [2.05, 4.69) is 0 Å². The first-order valence-corrected chi connectivity index (χ1v) is 10.0. The average Bonchev–Trinajstić information content (AvgIpc) is 2.48. The minimum atomic E-state index is -0.632. The summed E-state index contributed by atoms with van der Waals surface area (Å²) in [5, 5.41) is 0. The van der Waals surface area contributed by atoms with Crippen LogP contribution in [-0.4, -0.2) is 11.5 Å². The van der Waals surface area contributed by atoms with E-state index in [1.807, 2.05) is 0 Å². The van der Waals surface area contributed by atoms with E-state index in [-0.39, 0.29) is 6.10 Å². The van der Waals surface area contributed by atoms with Gasteiger partial charge in [0.05, 0.1) is 0 Å². The lowest BCUT2D eigenvalue weighted by Crippen LogP contribution is -2.14. The van der Waals surface area contributed by atoms with Crippen LogP contribution in [0.2, 0.25) is 0 Å². The van der Waals surface area contributed by atoms with Crippen LogP contribution in [-0.2, 0) is 4.74 Å². The highest BCUT2D eigenvalue weighted by atomic mass is 35.5. The highest BCUT2D eigenvalue weighted by Crippen LogP contribution is 2.19. The Labute approximate surface area is 142 Å². The van der Waals surface area contributed by atoms with Crippen molar-refractivity contribution in [1.29, 1.82) is 0 Å². The number of carbonyl (C=O) groups is 1. The van der Waals surface area contributed by atoms with Gasteiger partial charge >= 0.3 is 5.43 Å². The quantitative estimate of drug-likeness (QED) is 0.469. The average molecular weight is 331 g/mol. The van der Waals surface area contributed by atoms with Gasteiger partial charge in [0.25, 0.3) is 0 Å². The SMILES string of the molecule is O=C(Cl)OC1CCCCCCCCCCCCCCCCC1. The molecule has 0 saturated heterocycles. The summed E-state index contributed by atoms with van der Waals surface area (Å²) in [7, 11) is 0. The molecular formula is C19H35ClO2. The molecule has 0 aromatic rings. The molecule has 0 heterocycles. The van der Waals surface area contributed by atoms with Crippen molar-refractivity contribution in [1.82, 2.24) is 0 Å². The van der Waals surface area contributed by atoms with Crippen LogP contribution in [0.15, 0.2) is 0 Å². The summed E-state index contributed by atoms with van der Waals surface area (Å²) < 4.78 is 5.26. The van der Waals surface area contributed by atoms with Crippen molar-refractivity contribution in [2.45, 2.75) is 115 Å². The molecule has 1 aliphatic carbocycles. The molecule has 130 valence electrons. The van der Waals surface area contributed by atoms with Gasteiger partial charge in [-0.25, -0.2) is 4.79 Å². The Hall–Kier alpha value is -0.240. The van der Waals surface area contributed by atoms with Gasteiger partial charge in [-0.3, -0.25) is 0 Å². The molecule has 0 bridgehead atoms. The number of ether oxygens (including phenoxy) is 1. The Balaban J connectivity index is 2.25. The Morgan fingerprint density at radius 1 is 0.591 bits per heavy atom. The molecule has 1 aliphatic rings. The van der Waals surface area contributed by atoms with Crippen LogP contribution in [0, 0.1) is 0 Å². The fourth-order valence-electron chi connectivity index (χ4n) is 3.44. The lowest BCUT2D eigenvalue weighted by molar-refractivity contribution is 0.106. The predicted molar refractivity (Wildman–Crippen MR) is 94.6 cm³/mol. The summed E-state index contributed by atoms with van der Waals surface area (Å²) in [5.41, 5.74) is -0.632. The van der Waals surface area contributed by atoms with Gasteiger partial charge in [-0.2, -0.15) is 0 Å². The summed E-state index contributed by atoms with van der Waals surface area (Å²) >= 11 is 5.40. The minimum Gasteiger partial charge on any atom is -0.450 e. The monoisotopic (exact) mass is 330 g/mol. The highest BCUT2D eigenvalue weighted by molar-refractivity contribution is 6.61. The number of rotatable bonds is 1. The van der Waals surface area contributed by atoms with Crippen molar-refractivity contribution in [2.75, 3.05) is 0 Å². The van der Waals surface area contributed by atoms with Crippen molar-refractivity contribution in [3.8, 4) is 0 Å². The van der Waals surface area contributed by atoms with E-state index in [0.717, 1.165) is 25.7 Å². The minimum absolute atomic E-state index is 0.0453. The van der Waals surface area contributed by atoms with E-state index in [4.69, 9.17) is 16.3 Å². The van der Waals surface area contributed by atoms with E-state index >= 15 is 0 Å². The van der Waals surface area contributed by atoms with Crippen molar-refractivity contribution < 1.29 is 9.53 Å². The van der Waals surface area contributed by atoms with Crippen LogP contribution in [0.1, 0.15) is 109 Å². The zero-order valence-corrected chi connectivity index (χ0v) is 15.0. The number of carbonyl (C=O) groups excluding carboxylic acids is 1. The number of hydrogen-bond donors (Lipinski definition) is 0. The molecule has 0 aromatic carbocycles. The van der Waals surface area contributed by atoms with Gasteiger partial charge in [0.2, 0.25) is 0 Å². The molecule has 0 radical (unpaired) electrons. The molecular weight excluding hydrogens is 296 g/mol. The summed E-state index contributed by atoms with van der Waals surface area (Å²) in [5.74, 6) is 0. The molecule has 0 spiro atoms. The van der Waals surface area contributed by atoms with Crippen molar-refractivity contribution >= 4 is 17.0 Å². The third-order valence-electron chi connectivity index (χ3n) is 4.81. The Morgan fingerprint density at radius 2 is 0.864 bits per heavy atom. The summed E-state index contributed by atoms with van der Waals surface area (Å²) in [4.78, 5) is 11.0. The topological polar surface area (TPSA) is 26.3 Å². The Bertz CT molecular complexity index is 250. The lowest BCUT2D eigenvalue weighted by atomic mass is 10.00. The number of halogens is 1. The van der Waals surface area contributed by atoms with E-state index in [1.54, 1.807) is 0 Å². The first kappa shape index (κ1) is 19.8. The molecule has 0 amide bonds. The molecule has 0 unspecified atom stereocenters. The van der Waals surface area contributed by atoms with E-state index in [0.29, 0.717) is 0 Å². The molecule has 2 nitrogen and oxygen atoms in total. The van der Waals surface area contributed by atoms with E-state index in [9.17, 15) is 4.79 Å². The van der Waals surface area contributed by atoms with Crippen molar-refractivity contribution in [2.24, 2.45) is 0 Å². The maximum atomic E-state index is 11.0. The molecule has 1 saturated carbocycles. The van der Waals surface area contributed by atoms with Crippen LogP contribution in [0.4, 0.5) is 4.79 Å². The maximum Gasteiger partial charge on any atom is 0.404 e. The normalized spacial score (nSPS) is 22.4. The van der Waals surface area contributed by atoms with Crippen LogP contribution in [0.3, 0.4) is 0 Å². The Morgan fingerprint density at radius 3 is 1.14 bits per heavy atom. The van der Waals surface area contributed by atoms with Gasteiger partial charge in [0.1, 0.15) is 6.10 Å². The van der Waals surface area contributed by atoms with Gasteiger partial charge < -0.3 is 4.74 Å². The molecule has 0 atom stereocenters. The van der Waals surface area contributed by atoms with Gasteiger partial charge in [-0.05, 0) is 25.7 Å². The smallest absolute Gasteiger partial charge is 0.404 e. The third-order valence-corrected chi connectivity index (χ3v) is 4.90. The van der Waals surface area contributed by atoms with Gasteiger partial charge in [0.15, 0.2) is 0 Å². The molecule has 0 N–H and O–H groups in total. The first-order valence-electron chi connectivity index (χ1n) is 9.65. The molecule has 1 rings (SSSR count). The van der Waals surface area contributed by atoms with Crippen LogP contribution >= 0.6 is 11.6 Å². The van der Waals surface area contributed by atoms with Crippen molar-refractivity contribution in [3.05, 3.63) is 0 Å². The third kappa shape index (κ3) is 12.3. The molecule has 3 heteroatoms. The lowest BCUT2D eigenvalue weighted by Gasteiger charge is -2.16. The van der Waals surface area contributed by atoms with Crippen molar-refractivity contribution in [3.63, 3.8) is 0 Å². The maximum absolute atomic E-state index is 11.0. The highest BCUT2D eigenvalue weighted by Gasteiger charge is 2.12. The fraction of sp³-hybridized carbons (Fsp3) is 0.947. The van der Waals surface area contributed by atoms with Gasteiger partial charge in [-0.15, -0.1) is 0 Å². The second-order valence-corrected chi connectivity index (χ2v) is 7.17. The molecule has 1 fully saturated rings. The van der Waals surface area contributed by atoms with E-state index < -0.39 is 5.43 Å². The van der Waals surface area contributed by atoms with Crippen LogP contribution < -0.4 is 0 Å². The summed E-state index contributed by atoms with van der Waals surface area (Å²) in [6.07, 6.45) is 22.1. The zero-order valence-electron chi connectivity index (χ0n) is 14.3. The Kier molecular flexibility index (Phi) is 12.9. The van der Waals surface area contributed by atoms with Gasteiger partial charge in [-0.1, -0.05) is 83.5 Å². The fourth-order valence-corrected chi connectivity index (χ4v) is 3.56. The standard InChI is InChI=1S/C19H35ClO2/c20-19(21)22-18-16-14-12-10-8-6-4-2-1-3-5-7-9-11-13-15-17-18/h18H,1-17H2. The van der Waals surface area contributed by atoms with Crippen LogP contribution in [0.25, 0.3) is 0 Å². The molecule has 0 aromatic heterocycles. The van der Waals surface area contributed by atoms with Crippen LogP contribution in [0.5, 0.6) is 0 Å². The second-order valence-electron chi connectivity index (χ2n) is 6.86. The largest absolute Gasteiger partial charge is 0.450 e. The second kappa shape index (κ2) is 14.4. The first-order chi connectivity index (χ1) is 10.8. The predicted octanol–water partition coefficient (Wildman–Crippen LogP) is 7.38. The summed E-state index contributed by atoms with van der Waals surface area (Å²) in [6, 6.07) is 0. The van der Waals surface area contributed by atoms with E-state index in [1.165, 1.54) is 83.5 Å². The summed E-state index contributed by atoms with van der Waals surface area (Å²) in [6.45, 7) is 0. The number of hydrogen-bond acceptors (Lipinski definition) is 2. The zero-order chi connectivity index (χ0) is 15.9. The molecule has 0 aliphatic heterocycles. The molecule has 22 heavy (non-hydrogen) atoms. The van der Waals surface area contributed by atoms with Gasteiger partial charge in [0, 0.05) is 11.6 Å².